The number of para-hydroxylation sites is 1. The minimum Gasteiger partial charge on any atom is -0.325 e. The molecule has 20 heavy (non-hydrogen) atoms. The molecule has 5 heteroatoms. The van der Waals surface area contributed by atoms with E-state index < -0.39 is 5.82 Å². The Morgan fingerprint density at radius 3 is 2.30 bits per heavy atom. The molecule has 0 aliphatic rings. The summed E-state index contributed by atoms with van der Waals surface area (Å²) in [6.07, 6.45) is 0. The first-order valence-corrected chi connectivity index (χ1v) is 6.91. The van der Waals surface area contributed by atoms with Gasteiger partial charge < -0.3 is 5.32 Å². The number of hydrogen-bond donors (Lipinski definition) is 1. The fourth-order valence-electron chi connectivity index (χ4n) is 1.52. The Balaban J connectivity index is 1.84. The zero-order valence-electron chi connectivity index (χ0n) is 10.5. The molecule has 3 nitrogen and oxygen atoms in total. The standard InChI is InChI=1S/C15H12FNO2S/c16-12-8-6-11(7-9-12)15(19)20-10-14(18)17-13-4-2-1-3-5-13/h1-9H,10H2,(H,17,18). The average Bonchev–Trinajstić information content (AvgIpc) is 2.46. The van der Waals surface area contributed by atoms with E-state index in [0.717, 1.165) is 11.8 Å². The van der Waals surface area contributed by atoms with Crippen LogP contribution in [0, 0.1) is 5.82 Å². The van der Waals surface area contributed by atoms with Crippen LogP contribution in [0.4, 0.5) is 10.1 Å². The van der Waals surface area contributed by atoms with Crippen molar-refractivity contribution in [2.75, 3.05) is 11.1 Å². The van der Waals surface area contributed by atoms with Crippen LogP contribution < -0.4 is 5.32 Å². The van der Waals surface area contributed by atoms with Gasteiger partial charge in [0.1, 0.15) is 5.82 Å². The van der Waals surface area contributed by atoms with Gasteiger partial charge in [0.05, 0.1) is 5.75 Å². The van der Waals surface area contributed by atoms with Crippen molar-refractivity contribution in [3.8, 4) is 0 Å². The highest BCUT2D eigenvalue weighted by Gasteiger charge is 2.10. The lowest BCUT2D eigenvalue weighted by atomic mass is 10.2. The van der Waals surface area contributed by atoms with E-state index in [4.69, 9.17) is 0 Å². The predicted octanol–water partition coefficient (Wildman–Crippen LogP) is 3.34. The van der Waals surface area contributed by atoms with Gasteiger partial charge in [-0.2, -0.15) is 0 Å². The number of anilines is 1. The fourth-order valence-corrected chi connectivity index (χ4v) is 2.16. The van der Waals surface area contributed by atoms with Gasteiger partial charge in [-0.25, -0.2) is 4.39 Å². The normalized spacial score (nSPS) is 10.1. The average molecular weight is 289 g/mol. The summed E-state index contributed by atoms with van der Waals surface area (Å²) < 4.78 is 12.7. The predicted molar refractivity (Wildman–Crippen MR) is 78.3 cm³/mol. The molecule has 102 valence electrons. The number of halogens is 1. The van der Waals surface area contributed by atoms with E-state index in [1.807, 2.05) is 18.2 Å². The molecule has 0 aromatic heterocycles. The summed E-state index contributed by atoms with van der Waals surface area (Å²) in [5.41, 5.74) is 1.07. The van der Waals surface area contributed by atoms with Crippen LogP contribution in [-0.4, -0.2) is 16.8 Å². The van der Waals surface area contributed by atoms with E-state index in [1.165, 1.54) is 24.3 Å². The second kappa shape index (κ2) is 6.86. The molecule has 0 aliphatic heterocycles. The molecule has 0 saturated carbocycles. The van der Waals surface area contributed by atoms with Gasteiger partial charge in [0, 0.05) is 11.3 Å². The highest BCUT2D eigenvalue weighted by atomic mass is 32.2. The van der Waals surface area contributed by atoms with Crippen LogP contribution in [0.5, 0.6) is 0 Å². The SMILES string of the molecule is O=C(CSC(=O)c1ccc(F)cc1)Nc1ccccc1. The third kappa shape index (κ3) is 4.20. The van der Waals surface area contributed by atoms with Gasteiger partial charge in [-0.05, 0) is 36.4 Å². The van der Waals surface area contributed by atoms with E-state index in [2.05, 4.69) is 5.32 Å². The smallest absolute Gasteiger partial charge is 0.234 e. The third-order valence-corrected chi connectivity index (χ3v) is 3.38. The van der Waals surface area contributed by atoms with Gasteiger partial charge in [-0.3, -0.25) is 9.59 Å². The monoisotopic (exact) mass is 289 g/mol. The van der Waals surface area contributed by atoms with Gasteiger partial charge >= 0.3 is 0 Å². The lowest BCUT2D eigenvalue weighted by molar-refractivity contribution is -0.113. The molecule has 0 bridgehead atoms. The van der Waals surface area contributed by atoms with E-state index in [-0.39, 0.29) is 16.8 Å². The maximum absolute atomic E-state index is 12.7. The molecule has 2 rings (SSSR count). The molecule has 0 radical (unpaired) electrons. The lowest BCUT2D eigenvalue weighted by Crippen LogP contribution is -2.15. The number of nitrogens with one attached hydrogen (secondary N) is 1. The Bertz CT molecular complexity index is 599. The zero-order valence-corrected chi connectivity index (χ0v) is 11.3. The van der Waals surface area contributed by atoms with E-state index in [0.29, 0.717) is 11.3 Å². The van der Waals surface area contributed by atoms with Crippen LogP contribution >= 0.6 is 11.8 Å². The molecule has 0 spiro atoms. The Labute approximate surface area is 120 Å². The number of carbonyl (C=O) groups is 2. The van der Waals surface area contributed by atoms with Crippen molar-refractivity contribution in [2.24, 2.45) is 0 Å². The number of amides is 1. The van der Waals surface area contributed by atoms with Gasteiger partial charge in [-0.15, -0.1) is 0 Å². The van der Waals surface area contributed by atoms with Crippen LogP contribution in [-0.2, 0) is 4.79 Å². The number of thioether (sulfide) groups is 1. The minimum atomic E-state index is -0.395. The Morgan fingerprint density at radius 1 is 1.00 bits per heavy atom. The highest BCUT2D eigenvalue weighted by molar-refractivity contribution is 8.14. The molecule has 1 N–H and O–H groups in total. The first-order valence-electron chi connectivity index (χ1n) is 5.93. The van der Waals surface area contributed by atoms with Crippen LogP contribution in [0.25, 0.3) is 0 Å². The molecule has 0 heterocycles. The molecule has 1 amide bonds. The summed E-state index contributed by atoms with van der Waals surface area (Å²) in [5.74, 6) is -0.629. The number of carbonyl (C=O) groups excluding carboxylic acids is 2. The number of hydrogen-bond acceptors (Lipinski definition) is 3. The van der Waals surface area contributed by atoms with Gasteiger partial charge in [-0.1, -0.05) is 30.0 Å². The molecule has 0 fully saturated rings. The maximum atomic E-state index is 12.7. The molecule has 2 aromatic rings. The number of benzene rings is 2. The summed E-state index contributed by atoms with van der Waals surface area (Å²) in [7, 11) is 0. The molecule has 0 unspecified atom stereocenters. The quantitative estimate of drug-likeness (QED) is 0.939. The molecular formula is C15H12FNO2S. The maximum Gasteiger partial charge on any atom is 0.234 e. The van der Waals surface area contributed by atoms with Crippen LogP contribution in [0.15, 0.2) is 54.6 Å². The first-order chi connectivity index (χ1) is 9.65. The summed E-state index contributed by atoms with van der Waals surface area (Å²) in [5, 5.41) is 2.43. The van der Waals surface area contributed by atoms with E-state index in [1.54, 1.807) is 12.1 Å². The van der Waals surface area contributed by atoms with Crippen LogP contribution in [0.3, 0.4) is 0 Å². The van der Waals surface area contributed by atoms with Crippen molar-refractivity contribution < 1.29 is 14.0 Å². The van der Waals surface area contributed by atoms with Gasteiger partial charge in [0.25, 0.3) is 0 Å². The highest BCUT2D eigenvalue weighted by Crippen LogP contribution is 2.14. The second-order valence-electron chi connectivity index (χ2n) is 4.00. The summed E-state index contributed by atoms with van der Waals surface area (Å²) in [4.78, 5) is 23.4. The Kier molecular flexibility index (Phi) is 4.90. The molecule has 0 saturated heterocycles. The molecule has 0 atom stereocenters. The third-order valence-electron chi connectivity index (χ3n) is 2.47. The molecular weight excluding hydrogens is 277 g/mol. The van der Waals surface area contributed by atoms with Gasteiger partial charge in [0.15, 0.2) is 0 Å². The van der Waals surface area contributed by atoms with E-state index in [9.17, 15) is 14.0 Å². The molecule has 0 aliphatic carbocycles. The molecule has 2 aromatic carbocycles. The van der Waals surface area contributed by atoms with Crippen molar-refractivity contribution in [2.45, 2.75) is 0 Å². The number of rotatable bonds is 4. The minimum absolute atomic E-state index is 0.0190. The largest absolute Gasteiger partial charge is 0.325 e. The Morgan fingerprint density at radius 2 is 1.65 bits per heavy atom. The Hall–Kier alpha value is -2.14. The van der Waals surface area contributed by atoms with Crippen LogP contribution in [0.1, 0.15) is 10.4 Å². The fraction of sp³-hybridized carbons (Fsp3) is 0.0667. The summed E-state index contributed by atoms with van der Waals surface area (Å²) >= 11 is 0.889. The lowest BCUT2D eigenvalue weighted by Gasteiger charge is -2.04. The van der Waals surface area contributed by atoms with E-state index >= 15 is 0 Å². The topological polar surface area (TPSA) is 46.2 Å². The van der Waals surface area contributed by atoms with Crippen molar-refractivity contribution in [1.29, 1.82) is 0 Å². The van der Waals surface area contributed by atoms with Gasteiger partial charge in [0.2, 0.25) is 11.0 Å². The van der Waals surface area contributed by atoms with Crippen molar-refractivity contribution in [3.05, 3.63) is 66.0 Å². The van der Waals surface area contributed by atoms with Crippen molar-refractivity contribution in [1.82, 2.24) is 0 Å². The van der Waals surface area contributed by atoms with Crippen molar-refractivity contribution >= 4 is 28.5 Å². The van der Waals surface area contributed by atoms with Crippen molar-refractivity contribution in [3.63, 3.8) is 0 Å². The summed E-state index contributed by atoms with van der Waals surface area (Å²) in [6, 6.07) is 14.3. The zero-order chi connectivity index (χ0) is 14.4. The van der Waals surface area contributed by atoms with Crippen LogP contribution in [0.2, 0.25) is 0 Å². The first kappa shape index (κ1) is 14.3. The summed E-state index contributed by atoms with van der Waals surface area (Å²) in [6.45, 7) is 0. The second-order valence-corrected chi connectivity index (χ2v) is 4.95.